The lowest BCUT2D eigenvalue weighted by Gasteiger charge is -2.22. The lowest BCUT2D eigenvalue weighted by molar-refractivity contribution is -0.137. The van der Waals surface area contributed by atoms with Crippen molar-refractivity contribution in [1.82, 2.24) is 9.88 Å². The normalized spacial score (nSPS) is 13.9. The number of benzene rings is 1. The van der Waals surface area contributed by atoms with Crippen LogP contribution in [0.3, 0.4) is 0 Å². The molecule has 1 saturated heterocycles. The number of aliphatic carboxylic acids is 1. The van der Waals surface area contributed by atoms with Gasteiger partial charge in [0.25, 0.3) is 16.8 Å². The van der Waals surface area contributed by atoms with Crippen molar-refractivity contribution >= 4 is 58.0 Å². The molecule has 0 saturated carbocycles. The Hall–Kier alpha value is -3.96. The molecule has 1 aromatic heterocycles. The van der Waals surface area contributed by atoms with E-state index in [-0.39, 0.29) is 39.3 Å². The standard InChI is InChI=1S/C26H25Cl2N5O6/c27-16-12-29-13-17(28)21(16)26(39)31-15-6-4-14(5-7-15)18(11-20(35)36)32-23-22(24(37)25(23)38)30-8-2-10-33-9-1-3-19(33)34/h4-7,12-13,18,30,32H,1-3,8-11H2,(H,31,39)(H,35,36)/t18-/m0/s1. The number of halogens is 2. The third-order valence-corrected chi connectivity index (χ3v) is 6.91. The van der Waals surface area contributed by atoms with E-state index in [2.05, 4.69) is 20.9 Å². The second-order valence-corrected chi connectivity index (χ2v) is 9.84. The third-order valence-electron chi connectivity index (χ3n) is 6.34. The number of carbonyl (C=O) groups is 3. The molecular formula is C26H25Cl2N5O6. The highest BCUT2D eigenvalue weighted by Gasteiger charge is 2.26. The van der Waals surface area contributed by atoms with E-state index in [1.807, 2.05) is 0 Å². The van der Waals surface area contributed by atoms with Crippen molar-refractivity contribution in [3.8, 4) is 0 Å². The monoisotopic (exact) mass is 573 g/mol. The zero-order valence-electron chi connectivity index (χ0n) is 20.6. The van der Waals surface area contributed by atoms with Gasteiger partial charge in [-0.1, -0.05) is 35.3 Å². The lowest BCUT2D eigenvalue weighted by atomic mass is 10.0. The highest BCUT2D eigenvalue weighted by atomic mass is 35.5. The average Bonchev–Trinajstić information content (AvgIpc) is 3.31. The highest BCUT2D eigenvalue weighted by molar-refractivity contribution is 6.40. The molecule has 2 amide bonds. The summed E-state index contributed by atoms with van der Waals surface area (Å²) in [6.45, 7) is 1.64. The minimum Gasteiger partial charge on any atom is -0.481 e. The van der Waals surface area contributed by atoms with E-state index in [1.54, 1.807) is 29.2 Å². The van der Waals surface area contributed by atoms with Crippen molar-refractivity contribution in [2.45, 2.75) is 31.7 Å². The number of pyridine rings is 1. The van der Waals surface area contributed by atoms with Crippen molar-refractivity contribution in [3.63, 3.8) is 0 Å². The zero-order chi connectivity index (χ0) is 28.1. The molecule has 2 heterocycles. The van der Waals surface area contributed by atoms with E-state index in [0.29, 0.717) is 37.2 Å². The van der Waals surface area contributed by atoms with Crippen LogP contribution in [0.4, 0.5) is 17.1 Å². The number of amides is 2. The summed E-state index contributed by atoms with van der Waals surface area (Å²) in [7, 11) is 0. The maximum absolute atomic E-state index is 12.6. The first kappa shape index (κ1) is 28.1. The van der Waals surface area contributed by atoms with Crippen molar-refractivity contribution in [2.75, 3.05) is 35.6 Å². The number of carboxylic acids is 1. The van der Waals surface area contributed by atoms with Crippen molar-refractivity contribution < 1.29 is 19.5 Å². The Morgan fingerprint density at radius 3 is 2.31 bits per heavy atom. The molecule has 2 aromatic carbocycles. The second kappa shape index (κ2) is 12.3. The van der Waals surface area contributed by atoms with E-state index in [4.69, 9.17) is 23.2 Å². The molecule has 11 nitrogen and oxygen atoms in total. The van der Waals surface area contributed by atoms with Crippen LogP contribution < -0.4 is 26.8 Å². The SMILES string of the molecule is O=C(O)C[C@H](Nc1c(NCCCN2CCCC2=O)c(=O)c1=O)c1ccc(NC(=O)c2c(Cl)cncc2Cl)cc1. The Kier molecular flexibility index (Phi) is 8.82. The predicted molar refractivity (Wildman–Crippen MR) is 148 cm³/mol. The molecule has 0 unspecified atom stereocenters. The van der Waals surface area contributed by atoms with Gasteiger partial charge in [0.05, 0.1) is 28.1 Å². The van der Waals surface area contributed by atoms with Crippen molar-refractivity contribution in [3.05, 3.63) is 78.3 Å². The number of likely N-dealkylation sites (tertiary alicyclic amines) is 1. The largest absolute Gasteiger partial charge is 0.481 e. The summed E-state index contributed by atoms with van der Waals surface area (Å²) in [4.78, 5) is 65.9. The smallest absolute Gasteiger partial charge is 0.305 e. The Morgan fingerprint density at radius 2 is 1.69 bits per heavy atom. The maximum Gasteiger partial charge on any atom is 0.305 e. The van der Waals surface area contributed by atoms with Crippen LogP contribution in [0.25, 0.3) is 0 Å². The number of anilines is 3. The molecule has 3 aromatic rings. The first-order chi connectivity index (χ1) is 18.7. The molecule has 0 radical (unpaired) electrons. The Labute approximate surface area is 232 Å². The van der Waals surface area contributed by atoms with Gasteiger partial charge in [-0.15, -0.1) is 0 Å². The van der Waals surface area contributed by atoms with E-state index in [0.717, 1.165) is 13.0 Å². The molecule has 1 aliphatic rings. The quantitative estimate of drug-likeness (QED) is 0.188. The molecule has 0 bridgehead atoms. The second-order valence-electron chi connectivity index (χ2n) is 9.02. The average molecular weight is 574 g/mol. The maximum atomic E-state index is 12.6. The van der Waals surface area contributed by atoms with Gasteiger partial charge in [-0.3, -0.25) is 29.0 Å². The summed E-state index contributed by atoms with van der Waals surface area (Å²) in [6, 6.07) is 5.49. The van der Waals surface area contributed by atoms with E-state index < -0.39 is 28.8 Å². The number of nitrogens with zero attached hydrogens (tertiary/aromatic N) is 2. The minimum absolute atomic E-state index is 0.0165. The van der Waals surface area contributed by atoms with Gasteiger partial charge in [0, 0.05) is 44.1 Å². The Balaban J connectivity index is 1.42. The molecule has 1 fully saturated rings. The van der Waals surface area contributed by atoms with Gasteiger partial charge in [-0.05, 0) is 30.5 Å². The lowest BCUT2D eigenvalue weighted by Crippen LogP contribution is -2.39. The number of hydrogen-bond acceptors (Lipinski definition) is 8. The van der Waals surface area contributed by atoms with Gasteiger partial charge < -0.3 is 26.0 Å². The molecular weight excluding hydrogens is 549 g/mol. The number of hydrogen-bond donors (Lipinski definition) is 4. The van der Waals surface area contributed by atoms with Gasteiger partial charge in [0.1, 0.15) is 11.4 Å². The predicted octanol–water partition coefficient (Wildman–Crippen LogP) is 3.29. The first-order valence-electron chi connectivity index (χ1n) is 12.2. The van der Waals surface area contributed by atoms with Crippen molar-refractivity contribution in [1.29, 1.82) is 0 Å². The molecule has 13 heteroatoms. The molecule has 1 aliphatic heterocycles. The molecule has 4 N–H and O–H groups in total. The number of carbonyl (C=O) groups excluding carboxylic acids is 2. The fraction of sp³-hybridized carbons (Fsp3) is 0.308. The summed E-state index contributed by atoms with van der Waals surface area (Å²) >= 11 is 12.1. The highest BCUT2D eigenvalue weighted by Crippen LogP contribution is 2.28. The fourth-order valence-corrected chi connectivity index (χ4v) is 4.88. The zero-order valence-corrected chi connectivity index (χ0v) is 22.1. The van der Waals surface area contributed by atoms with Crippen LogP contribution in [-0.2, 0) is 9.59 Å². The molecule has 4 rings (SSSR count). The Bertz CT molecular complexity index is 1450. The molecule has 0 aliphatic carbocycles. The molecule has 0 spiro atoms. The summed E-state index contributed by atoms with van der Waals surface area (Å²) in [5, 5.41) is 18.1. The topological polar surface area (TPSA) is 158 Å². The molecule has 39 heavy (non-hydrogen) atoms. The van der Waals surface area contributed by atoms with Gasteiger partial charge >= 0.3 is 5.97 Å². The van der Waals surface area contributed by atoms with Gasteiger partial charge in [0.2, 0.25) is 5.91 Å². The molecule has 204 valence electrons. The van der Waals surface area contributed by atoms with Crippen LogP contribution in [0.2, 0.25) is 10.0 Å². The summed E-state index contributed by atoms with van der Waals surface area (Å²) in [5.74, 6) is -1.55. The number of nitrogens with one attached hydrogen (secondary N) is 3. The van der Waals surface area contributed by atoms with Crippen molar-refractivity contribution in [2.24, 2.45) is 0 Å². The number of rotatable bonds is 12. The summed E-state index contributed by atoms with van der Waals surface area (Å²) in [6.07, 6.45) is 4.20. The van der Waals surface area contributed by atoms with Crippen LogP contribution in [0, 0.1) is 0 Å². The van der Waals surface area contributed by atoms with Crippen LogP contribution in [-0.4, -0.2) is 52.4 Å². The minimum atomic E-state index is -1.12. The van der Waals surface area contributed by atoms with E-state index >= 15 is 0 Å². The van der Waals surface area contributed by atoms with E-state index in [1.165, 1.54) is 12.4 Å². The van der Waals surface area contributed by atoms with Gasteiger partial charge in [-0.2, -0.15) is 0 Å². The summed E-state index contributed by atoms with van der Waals surface area (Å²) in [5.41, 5.74) is -0.333. The molecule has 1 atom stereocenters. The van der Waals surface area contributed by atoms with Crippen LogP contribution in [0.1, 0.15) is 47.6 Å². The van der Waals surface area contributed by atoms with Crippen LogP contribution in [0.5, 0.6) is 0 Å². The third kappa shape index (κ3) is 6.55. The van der Waals surface area contributed by atoms with Crippen LogP contribution >= 0.6 is 23.2 Å². The summed E-state index contributed by atoms with van der Waals surface area (Å²) < 4.78 is 0. The van der Waals surface area contributed by atoms with Crippen LogP contribution in [0.15, 0.2) is 46.2 Å². The first-order valence-corrected chi connectivity index (χ1v) is 12.9. The number of carboxylic acid groups (broad SMARTS) is 1. The number of aromatic nitrogens is 1. The fourth-order valence-electron chi connectivity index (χ4n) is 4.34. The van der Waals surface area contributed by atoms with E-state index in [9.17, 15) is 29.1 Å². The van der Waals surface area contributed by atoms with Gasteiger partial charge in [-0.25, -0.2) is 0 Å². The van der Waals surface area contributed by atoms with Gasteiger partial charge in [0.15, 0.2) is 0 Å². The Morgan fingerprint density at radius 1 is 1.03 bits per heavy atom.